The van der Waals surface area contributed by atoms with E-state index in [1.165, 1.54) is 6.04 Å². The van der Waals surface area contributed by atoms with Gasteiger partial charge in [-0.15, -0.1) is 0 Å². The van der Waals surface area contributed by atoms with E-state index in [4.69, 9.17) is 4.43 Å². The van der Waals surface area contributed by atoms with Crippen molar-refractivity contribution in [1.82, 2.24) is 0 Å². The third-order valence-corrected chi connectivity index (χ3v) is 4.76. The van der Waals surface area contributed by atoms with Crippen molar-refractivity contribution in [1.29, 1.82) is 0 Å². The minimum atomic E-state index is -1.17. The molecule has 1 rings (SSSR count). The zero-order valence-corrected chi connectivity index (χ0v) is 7.77. The SMILES string of the molecule is CC1C[Si](C)(C)OC1C. The van der Waals surface area contributed by atoms with Gasteiger partial charge in [0, 0.05) is 6.10 Å². The predicted molar refractivity (Wildman–Crippen MR) is 42.0 cm³/mol. The van der Waals surface area contributed by atoms with Gasteiger partial charge in [-0.05, 0) is 32.0 Å². The van der Waals surface area contributed by atoms with Crippen molar-refractivity contribution < 1.29 is 4.43 Å². The van der Waals surface area contributed by atoms with Crippen molar-refractivity contribution in [3.05, 3.63) is 0 Å². The van der Waals surface area contributed by atoms with Gasteiger partial charge in [-0.1, -0.05) is 6.92 Å². The van der Waals surface area contributed by atoms with Crippen LogP contribution < -0.4 is 0 Å². The van der Waals surface area contributed by atoms with Crippen LogP contribution in [0.25, 0.3) is 0 Å². The van der Waals surface area contributed by atoms with Gasteiger partial charge in [-0.2, -0.15) is 0 Å². The first-order chi connectivity index (χ1) is 4.01. The van der Waals surface area contributed by atoms with Crippen LogP contribution in [0.3, 0.4) is 0 Å². The van der Waals surface area contributed by atoms with Gasteiger partial charge in [0.05, 0.1) is 0 Å². The van der Waals surface area contributed by atoms with E-state index in [0.29, 0.717) is 6.10 Å². The molecule has 0 N–H and O–H groups in total. The van der Waals surface area contributed by atoms with Crippen LogP contribution in [0.4, 0.5) is 0 Å². The molecule has 0 radical (unpaired) electrons. The van der Waals surface area contributed by atoms with Gasteiger partial charge in [0.2, 0.25) is 0 Å². The Hall–Kier alpha value is 0.177. The van der Waals surface area contributed by atoms with E-state index < -0.39 is 8.32 Å². The highest BCUT2D eigenvalue weighted by Gasteiger charge is 2.36. The monoisotopic (exact) mass is 144 g/mol. The summed E-state index contributed by atoms with van der Waals surface area (Å²) in [6.07, 6.45) is 0.520. The van der Waals surface area contributed by atoms with Crippen LogP contribution >= 0.6 is 0 Å². The maximum absolute atomic E-state index is 5.80. The summed E-state index contributed by atoms with van der Waals surface area (Å²) in [4.78, 5) is 0. The molecule has 2 unspecified atom stereocenters. The van der Waals surface area contributed by atoms with Crippen LogP contribution in [-0.4, -0.2) is 14.4 Å². The second-order valence-corrected chi connectivity index (χ2v) is 7.93. The molecule has 1 heterocycles. The summed E-state index contributed by atoms with van der Waals surface area (Å²) in [7, 11) is -1.17. The van der Waals surface area contributed by atoms with E-state index in [2.05, 4.69) is 26.9 Å². The number of hydrogen-bond acceptors (Lipinski definition) is 1. The zero-order valence-electron chi connectivity index (χ0n) is 6.77. The molecule has 1 fully saturated rings. The van der Waals surface area contributed by atoms with E-state index in [1.54, 1.807) is 0 Å². The van der Waals surface area contributed by atoms with Gasteiger partial charge in [0.1, 0.15) is 0 Å². The third kappa shape index (κ3) is 1.55. The molecule has 0 amide bonds. The molecule has 0 aromatic rings. The fourth-order valence-corrected chi connectivity index (χ4v) is 4.83. The Morgan fingerprint density at radius 3 is 2.00 bits per heavy atom. The molecular formula is C7H16OSi. The Morgan fingerprint density at radius 1 is 1.33 bits per heavy atom. The maximum Gasteiger partial charge on any atom is 0.187 e. The minimum Gasteiger partial charge on any atom is -0.414 e. The lowest BCUT2D eigenvalue weighted by atomic mass is 10.1. The minimum absolute atomic E-state index is 0.520. The quantitative estimate of drug-likeness (QED) is 0.474. The van der Waals surface area contributed by atoms with Gasteiger partial charge in [0.15, 0.2) is 8.32 Å². The largest absolute Gasteiger partial charge is 0.414 e. The lowest BCUT2D eigenvalue weighted by molar-refractivity contribution is 0.207. The molecule has 1 nitrogen and oxygen atoms in total. The first-order valence-corrected chi connectivity index (χ1v) is 6.81. The van der Waals surface area contributed by atoms with Crippen LogP contribution in [0.5, 0.6) is 0 Å². The molecule has 1 saturated heterocycles. The second kappa shape index (κ2) is 2.10. The molecule has 1 aliphatic rings. The van der Waals surface area contributed by atoms with Crippen LogP contribution in [0.1, 0.15) is 13.8 Å². The molecule has 54 valence electrons. The van der Waals surface area contributed by atoms with Crippen LogP contribution in [-0.2, 0) is 4.43 Å². The van der Waals surface area contributed by atoms with Gasteiger partial charge in [0.25, 0.3) is 0 Å². The Morgan fingerprint density at radius 2 is 1.89 bits per heavy atom. The molecule has 0 bridgehead atoms. The fraction of sp³-hybridized carbons (Fsp3) is 1.00. The summed E-state index contributed by atoms with van der Waals surface area (Å²) in [5.74, 6) is 0.798. The second-order valence-electron chi connectivity index (χ2n) is 3.76. The zero-order chi connectivity index (χ0) is 7.07. The fourth-order valence-electron chi connectivity index (χ4n) is 1.61. The predicted octanol–water partition coefficient (Wildman–Crippen LogP) is 2.25. The lowest BCUT2D eigenvalue weighted by Crippen LogP contribution is -2.24. The van der Waals surface area contributed by atoms with E-state index in [1.807, 2.05) is 0 Å². The molecular weight excluding hydrogens is 128 g/mol. The van der Waals surface area contributed by atoms with Crippen molar-refractivity contribution in [2.24, 2.45) is 5.92 Å². The van der Waals surface area contributed by atoms with Gasteiger partial charge in [-0.25, -0.2) is 0 Å². The van der Waals surface area contributed by atoms with Gasteiger partial charge in [-0.3, -0.25) is 0 Å². The van der Waals surface area contributed by atoms with E-state index in [0.717, 1.165) is 5.92 Å². The van der Waals surface area contributed by atoms with Crippen molar-refractivity contribution in [3.8, 4) is 0 Å². The van der Waals surface area contributed by atoms with E-state index >= 15 is 0 Å². The highest BCUT2D eigenvalue weighted by molar-refractivity contribution is 6.71. The molecule has 0 aromatic carbocycles. The van der Waals surface area contributed by atoms with Crippen molar-refractivity contribution in [2.75, 3.05) is 0 Å². The van der Waals surface area contributed by atoms with E-state index in [9.17, 15) is 0 Å². The molecule has 0 aromatic heterocycles. The molecule has 0 aliphatic carbocycles. The van der Waals surface area contributed by atoms with Crippen molar-refractivity contribution in [3.63, 3.8) is 0 Å². The third-order valence-electron chi connectivity index (χ3n) is 2.12. The topological polar surface area (TPSA) is 9.23 Å². The Bertz CT molecular complexity index is 99.5. The van der Waals surface area contributed by atoms with Crippen molar-refractivity contribution >= 4 is 8.32 Å². The molecule has 2 atom stereocenters. The molecule has 1 aliphatic heterocycles. The summed E-state index contributed by atoms with van der Waals surface area (Å²) in [6.45, 7) is 9.07. The van der Waals surface area contributed by atoms with E-state index in [-0.39, 0.29) is 0 Å². The molecule has 0 saturated carbocycles. The normalized spacial score (nSPS) is 41.3. The summed E-state index contributed by atoms with van der Waals surface area (Å²) in [5, 5.41) is 0. The highest BCUT2D eigenvalue weighted by atomic mass is 28.4. The Balaban J connectivity index is 2.54. The smallest absolute Gasteiger partial charge is 0.187 e. The van der Waals surface area contributed by atoms with Crippen LogP contribution in [0.15, 0.2) is 0 Å². The standard InChI is InChI=1S/C7H16OSi/c1-6-5-9(3,4)8-7(6)2/h6-7H,5H2,1-4H3. The summed E-state index contributed by atoms with van der Waals surface area (Å²) >= 11 is 0. The Kier molecular flexibility index (Phi) is 1.70. The molecule has 9 heavy (non-hydrogen) atoms. The lowest BCUT2D eigenvalue weighted by Gasteiger charge is -2.13. The Labute approximate surface area is 58.5 Å². The average molecular weight is 144 g/mol. The maximum atomic E-state index is 5.80. The molecule has 0 spiro atoms. The van der Waals surface area contributed by atoms with Crippen LogP contribution in [0, 0.1) is 5.92 Å². The summed E-state index contributed by atoms with van der Waals surface area (Å²) in [5.41, 5.74) is 0. The van der Waals surface area contributed by atoms with Crippen LogP contribution in [0.2, 0.25) is 19.1 Å². The first-order valence-electron chi connectivity index (χ1n) is 3.69. The summed E-state index contributed by atoms with van der Waals surface area (Å²) < 4.78 is 5.80. The average Bonchev–Trinajstić information content (AvgIpc) is 1.79. The first kappa shape index (κ1) is 7.29. The van der Waals surface area contributed by atoms with Gasteiger partial charge < -0.3 is 4.43 Å². The molecule has 2 heteroatoms. The van der Waals surface area contributed by atoms with Gasteiger partial charge >= 0.3 is 0 Å². The highest BCUT2D eigenvalue weighted by Crippen LogP contribution is 2.31. The number of hydrogen-bond donors (Lipinski definition) is 0. The summed E-state index contributed by atoms with van der Waals surface area (Å²) in [6, 6.07) is 1.34. The number of rotatable bonds is 0. The van der Waals surface area contributed by atoms with Crippen molar-refractivity contribution in [2.45, 2.75) is 39.1 Å².